The average Bonchev–Trinajstić information content (AvgIpc) is 2.99. The highest BCUT2D eigenvalue weighted by atomic mass is 16.5. The summed E-state index contributed by atoms with van der Waals surface area (Å²) < 4.78 is 5.93. The molecule has 1 amide bonds. The molecule has 43 heavy (non-hydrogen) atoms. The fourth-order valence-electron chi connectivity index (χ4n) is 4.74. The number of amides is 1. The monoisotopic (exact) mass is 601 g/mol. The second-order valence-corrected chi connectivity index (χ2v) is 11.4. The summed E-state index contributed by atoms with van der Waals surface area (Å²) in [5.74, 6) is -1.29. The van der Waals surface area contributed by atoms with Crippen LogP contribution < -0.4 is 5.32 Å². The fraction of sp³-hybridized carbons (Fsp3) is 0.703. The van der Waals surface area contributed by atoms with E-state index >= 15 is 0 Å². The van der Waals surface area contributed by atoms with Gasteiger partial charge in [0.1, 0.15) is 12.6 Å². The molecule has 0 aliphatic heterocycles. The molecule has 0 aliphatic rings. The molecule has 0 rings (SSSR count). The Bertz CT molecular complexity index is 799. The summed E-state index contributed by atoms with van der Waals surface area (Å²) in [6.45, 7) is 4.06. The molecule has 6 heteroatoms. The zero-order valence-corrected chi connectivity index (χ0v) is 27.5. The second-order valence-electron chi connectivity index (χ2n) is 11.4. The molecule has 1 atom stereocenters. The number of carboxylic acid groups (broad SMARTS) is 1. The molecule has 0 aliphatic carbocycles. The number of carboxylic acids is 1. The number of hydrogen-bond acceptors (Lipinski definition) is 4. The van der Waals surface area contributed by atoms with Crippen molar-refractivity contribution < 1.29 is 24.2 Å². The van der Waals surface area contributed by atoms with E-state index < -0.39 is 5.97 Å². The topological polar surface area (TPSA) is 92.7 Å². The molecule has 0 heterocycles. The minimum absolute atomic E-state index is 0.00908. The average molecular weight is 602 g/mol. The number of aliphatic carboxylic acids is 1. The summed E-state index contributed by atoms with van der Waals surface area (Å²) in [4.78, 5) is 34.7. The fourth-order valence-corrected chi connectivity index (χ4v) is 4.74. The first-order chi connectivity index (χ1) is 21.0. The summed E-state index contributed by atoms with van der Waals surface area (Å²) in [6.07, 6.45) is 39.4. The summed E-state index contributed by atoms with van der Waals surface area (Å²) in [7, 11) is 0. The molecule has 0 saturated carbocycles. The van der Waals surface area contributed by atoms with Gasteiger partial charge in [0.05, 0.1) is 0 Å². The van der Waals surface area contributed by atoms with Crippen LogP contribution in [0.4, 0.5) is 0 Å². The first kappa shape index (κ1) is 40.4. The zero-order chi connectivity index (χ0) is 31.6. The Hall–Kier alpha value is -2.63. The Morgan fingerprint density at radius 1 is 0.628 bits per heavy atom. The van der Waals surface area contributed by atoms with E-state index in [2.05, 4.69) is 67.8 Å². The van der Waals surface area contributed by atoms with Crippen LogP contribution in [0.1, 0.15) is 155 Å². The van der Waals surface area contributed by atoms with Gasteiger partial charge in [-0.3, -0.25) is 14.4 Å². The quantitative estimate of drug-likeness (QED) is 0.0485. The number of ether oxygens (including phenoxy) is 1. The maximum absolute atomic E-state index is 12.6. The van der Waals surface area contributed by atoms with E-state index in [1.165, 1.54) is 32.1 Å². The van der Waals surface area contributed by atoms with E-state index in [4.69, 9.17) is 9.84 Å². The third kappa shape index (κ3) is 32.1. The van der Waals surface area contributed by atoms with Crippen LogP contribution in [0.5, 0.6) is 0 Å². The van der Waals surface area contributed by atoms with Gasteiger partial charge in [-0.05, 0) is 77.0 Å². The Morgan fingerprint density at radius 2 is 1.14 bits per heavy atom. The standard InChI is InChI=1S/C37H63NO5/c1-3-5-7-9-11-12-13-14-15-16-17-18-19-24-28-32-37(42)43-34(29-25-21-10-8-6-4-2)30-26-22-20-23-27-31-35(39)38-33-36(40)41/h5,7,11-12,14-15,17-18,34H,3-4,6,8-10,13,16,19-33H2,1-2H3,(H,38,39)(H,40,41)/b7-5-,12-11-,15-14-,18-17-. The van der Waals surface area contributed by atoms with Gasteiger partial charge in [0.15, 0.2) is 0 Å². The summed E-state index contributed by atoms with van der Waals surface area (Å²) >= 11 is 0. The van der Waals surface area contributed by atoms with Crippen LogP contribution in [0.15, 0.2) is 48.6 Å². The van der Waals surface area contributed by atoms with Crippen molar-refractivity contribution >= 4 is 17.8 Å². The van der Waals surface area contributed by atoms with Gasteiger partial charge in [0, 0.05) is 12.8 Å². The predicted octanol–water partition coefficient (Wildman–Crippen LogP) is 9.95. The SMILES string of the molecule is CC/C=C\C/C=C\C/C=C\C/C=C\CCCCC(=O)OC(CCCCCCCC)CCCCCCCC(=O)NCC(=O)O. The van der Waals surface area contributed by atoms with Crippen molar-refractivity contribution in [2.45, 2.75) is 161 Å². The molecule has 0 aromatic rings. The van der Waals surface area contributed by atoms with Gasteiger partial charge in [-0.2, -0.15) is 0 Å². The lowest BCUT2D eigenvalue weighted by molar-refractivity contribution is -0.150. The molecule has 0 aromatic heterocycles. The molecule has 0 saturated heterocycles. The number of hydrogen-bond donors (Lipinski definition) is 2. The lowest BCUT2D eigenvalue weighted by atomic mass is 10.0. The van der Waals surface area contributed by atoms with Crippen molar-refractivity contribution in [2.24, 2.45) is 0 Å². The van der Waals surface area contributed by atoms with Gasteiger partial charge in [0.2, 0.25) is 5.91 Å². The van der Waals surface area contributed by atoms with Gasteiger partial charge in [-0.1, -0.05) is 114 Å². The zero-order valence-electron chi connectivity index (χ0n) is 27.5. The smallest absolute Gasteiger partial charge is 0.322 e. The summed E-state index contributed by atoms with van der Waals surface area (Å²) in [5.41, 5.74) is 0. The van der Waals surface area contributed by atoms with Gasteiger partial charge in [0.25, 0.3) is 0 Å². The minimum atomic E-state index is -1.02. The first-order valence-electron chi connectivity index (χ1n) is 17.3. The molecule has 0 bridgehead atoms. The van der Waals surface area contributed by atoms with Crippen LogP contribution in [-0.4, -0.2) is 35.6 Å². The molecule has 0 fully saturated rings. The van der Waals surface area contributed by atoms with Crippen LogP contribution in [0.25, 0.3) is 0 Å². The summed E-state index contributed by atoms with van der Waals surface area (Å²) in [5, 5.41) is 11.0. The molecule has 1 unspecified atom stereocenters. The maximum atomic E-state index is 12.6. The largest absolute Gasteiger partial charge is 0.480 e. The molecule has 2 N–H and O–H groups in total. The van der Waals surface area contributed by atoms with Crippen LogP contribution in [-0.2, 0) is 19.1 Å². The van der Waals surface area contributed by atoms with E-state index in [0.717, 1.165) is 96.3 Å². The third-order valence-electron chi connectivity index (χ3n) is 7.27. The third-order valence-corrected chi connectivity index (χ3v) is 7.27. The highest BCUT2D eigenvalue weighted by Crippen LogP contribution is 2.18. The molecule has 0 radical (unpaired) electrons. The molecular formula is C37H63NO5. The molecule has 0 spiro atoms. The van der Waals surface area contributed by atoms with Gasteiger partial charge in [-0.15, -0.1) is 0 Å². The number of carbonyl (C=O) groups excluding carboxylic acids is 2. The highest BCUT2D eigenvalue weighted by molar-refractivity contribution is 5.80. The van der Waals surface area contributed by atoms with Crippen molar-refractivity contribution in [3.63, 3.8) is 0 Å². The van der Waals surface area contributed by atoms with Crippen molar-refractivity contribution in [3.8, 4) is 0 Å². The first-order valence-corrected chi connectivity index (χ1v) is 17.3. The number of allylic oxidation sites excluding steroid dienone is 8. The Kier molecular flexibility index (Phi) is 30.3. The van der Waals surface area contributed by atoms with Gasteiger partial charge >= 0.3 is 11.9 Å². The van der Waals surface area contributed by atoms with Crippen molar-refractivity contribution in [3.05, 3.63) is 48.6 Å². The number of rotatable bonds is 30. The van der Waals surface area contributed by atoms with E-state index in [-0.39, 0.29) is 24.5 Å². The van der Waals surface area contributed by atoms with Crippen LogP contribution in [0.2, 0.25) is 0 Å². The minimum Gasteiger partial charge on any atom is -0.480 e. The molecule has 246 valence electrons. The lowest BCUT2D eigenvalue weighted by Crippen LogP contribution is -2.28. The van der Waals surface area contributed by atoms with Gasteiger partial charge in [-0.25, -0.2) is 0 Å². The molecule has 6 nitrogen and oxygen atoms in total. The number of esters is 1. The Balaban J connectivity index is 4.14. The number of unbranched alkanes of at least 4 members (excludes halogenated alkanes) is 11. The van der Waals surface area contributed by atoms with Crippen molar-refractivity contribution in [1.82, 2.24) is 5.32 Å². The van der Waals surface area contributed by atoms with Crippen molar-refractivity contribution in [2.75, 3.05) is 6.54 Å². The van der Waals surface area contributed by atoms with Gasteiger partial charge < -0.3 is 15.2 Å². The van der Waals surface area contributed by atoms with E-state index in [0.29, 0.717) is 12.8 Å². The molecular weight excluding hydrogens is 538 g/mol. The van der Waals surface area contributed by atoms with E-state index in [1.54, 1.807) is 0 Å². The predicted molar refractivity (Wildman–Crippen MR) is 180 cm³/mol. The Morgan fingerprint density at radius 3 is 1.72 bits per heavy atom. The van der Waals surface area contributed by atoms with E-state index in [9.17, 15) is 14.4 Å². The normalized spacial score (nSPS) is 12.6. The highest BCUT2D eigenvalue weighted by Gasteiger charge is 2.14. The van der Waals surface area contributed by atoms with Crippen LogP contribution in [0, 0.1) is 0 Å². The number of nitrogens with one attached hydrogen (secondary N) is 1. The number of carbonyl (C=O) groups is 3. The lowest BCUT2D eigenvalue weighted by Gasteiger charge is -2.18. The second kappa shape index (κ2) is 32.3. The maximum Gasteiger partial charge on any atom is 0.322 e. The van der Waals surface area contributed by atoms with Crippen LogP contribution in [0.3, 0.4) is 0 Å². The van der Waals surface area contributed by atoms with E-state index in [1.807, 2.05) is 0 Å². The van der Waals surface area contributed by atoms with Crippen molar-refractivity contribution in [1.29, 1.82) is 0 Å². The Labute approximate surface area is 263 Å². The van der Waals surface area contributed by atoms with Crippen LogP contribution >= 0.6 is 0 Å². The molecule has 0 aromatic carbocycles. The summed E-state index contributed by atoms with van der Waals surface area (Å²) in [6, 6.07) is 0.